The van der Waals surface area contributed by atoms with Crippen molar-refractivity contribution in [3.8, 4) is 0 Å². The van der Waals surface area contributed by atoms with Crippen molar-refractivity contribution < 1.29 is 9.53 Å². The zero-order valence-electron chi connectivity index (χ0n) is 12.0. The molecule has 108 valence electrons. The minimum absolute atomic E-state index is 0.140. The molecule has 3 rings (SSSR count). The van der Waals surface area contributed by atoms with Crippen LogP contribution in [0.5, 0.6) is 0 Å². The van der Waals surface area contributed by atoms with Crippen LogP contribution in [0, 0.1) is 5.92 Å². The first-order valence-electron chi connectivity index (χ1n) is 7.71. The molecule has 4 atom stereocenters. The summed E-state index contributed by atoms with van der Waals surface area (Å²) in [7, 11) is 0. The van der Waals surface area contributed by atoms with E-state index in [0.717, 1.165) is 18.4 Å². The Kier molecular flexibility index (Phi) is 4.06. The fourth-order valence-corrected chi connectivity index (χ4v) is 3.68. The number of hydrogen-bond acceptors (Lipinski definition) is 2. The molecule has 1 aromatic rings. The molecule has 0 spiro atoms. The molecule has 0 bridgehead atoms. The van der Waals surface area contributed by atoms with Crippen molar-refractivity contribution in [2.45, 2.75) is 57.3 Å². The van der Waals surface area contributed by atoms with E-state index in [4.69, 9.17) is 4.74 Å². The summed E-state index contributed by atoms with van der Waals surface area (Å²) in [6.45, 7) is 2.12. The normalized spacial score (nSPS) is 32.6. The van der Waals surface area contributed by atoms with Gasteiger partial charge in [0.15, 0.2) is 0 Å². The monoisotopic (exact) mass is 273 g/mol. The summed E-state index contributed by atoms with van der Waals surface area (Å²) in [5.74, 6) is 0.659. The lowest BCUT2D eigenvalue weighted by molar-refractivity contribution is -0.125. The fraction of sp³-hybridized carbons (Fsp3) is 0.588. The fourth-order valence-electron chi connectivity index (χ4n) is 3.68. The molecule has 20 heavy (non-hydrogen) atoms. The molecule has 0 unspecified atom stereocenters. The molecule has 0 aromatic heterocycles. The van der Waals surface area contributed by atoms with Crippen molar-refractivity contribution in [2.24, 2.45) is 5.92 Å². The van der Waals surface area contributed by atoms with Crippen molar-refractivity contribution in [2.75, 3.05) is 0 Å². The maximum atomic E-state index is 12.2. The van der Waals surface area contributed by atoms with Gasteiger partial charge in [0.1, 0.15) is 0 Å². The lowest BCUT2D eigenvalue weighted by Crippen LogP contribution is -2.50. The number of ether oxygens (including phenoxy) is 1. The highest BCUT2D eigenvalue weighted by Gasteiger charge is 2.40. The van der Waals surface area contributed by atoms with Gasteiger partial charge in [-0.1, -0.05) is 36.8 Å². The molecule has 2 aliphatic rings. The van der Waals surface area contributed by atoms with Gasteiger partial charge in [0.25, 0.3) is 0 Å². The number of fused-ring (bicyclic) bond motifs is 1. The third kappa shape index (κ3) is 3.04. The summed E-state index contributed by atoms with van der Waals surface area (Å²) in [5.41, 5.74) is 1.08. The quantitative estimate of drug-likeness (QED) is 0.919. The van der Waals surface area contributed by atoms with Gasteiger partial charge in [-0.3, -0.25) is 4.79 Å². The SMILES string of the molecule is C[C@H]1C[C@@H](NC(=O)Cc2ccccc2)[C@@H]2CCC[C@H]2O1. The van der Waals surface area contributed by atoms with Crippen molar-refractivity contribution >= 4 is 5.91 Å². The molecule has 1 saturated carbocycles. The molecule has 1 aliphatic heterocycles. The van der Waals surface area contributed by atoms with E-state index in [1.54, 1.807) is 0 Å². The van der Waals surface area contributed by atoms with Crippen molar-refractivity contribution in [1.82, 2.24) is 5.32 Å². The van der Waals surface area contributed by atoms with Crippen LogP contribution in [-0.4, -0.2) is 24.2 Å². The largest absolute Gasteiger partial charge is 0.375 e. The maximum Gasteiger partial charge on any atom is 0.224 e. The number of rotatable bonds is 3. The summed E-state index contributed by atoms with van der Waals surface area (Å²) < 4.78 is 5.99. The Morgan fingerprint density at radius 3 is 2.90 bits per heavy atom. The Labute approximate surface area is 120 Å². The van der Waals surface area contributed by atoms with Crippen LogP contribution in [0.15, 0.2) is 30.3 Å². The van der Waals surface area contributed by atoms with Crippen LogP contribution in [0.2, 0.25) is 0 Å². The van der Waals surface area contributed by atoms with Gasteiger partial charge in [0.2, 0.25) is 5.91 Å². The number of nitrogens with one attached hydrogen (secondary N) is 1. The van der Waals surface area contributed by atoms with E-state index in [0.29, 0.717) is 24.5 Å². The number of carbonyl (C=O) groups is 1. The topological polar surface area (TPSA) is 38.3 Å². The summed E-state index contributed by atoms with van der Waals surface area (Å²) in [4.78, 5) is 12.2. The average molecular weight is 273 g/mol. The van der Waals surface area contributed by atoms with Gasteiger partial charge in [0.05, 0.1) is 18.6 Å². The Morgan fingerprint density at radius 2 is 2.10 bits per heavy atom. The van der Waals surface area contributed by atoms with Gasteiger partial charge in [0, 0.05) is 12.0 Å². The first-order chi connectivity index (χ1) is 9.72. The van der Waals surface area contributed by atoms with E-state index in [1.807, 2.05) is 30.3 Å². The standard InChI is InChI=1S/C17H23NO2/c1-12-10-15(14-8-5-9-16(14)20-12)18-17(19)11-13-6-3-2-4-7-13/h2-4,6-7,12,14-16H,5,8-11H2,1H3,(H,18,19)/t12-,14-,15+,16+/m0/s1. The highest BCUT2D eigenvalue weighted by atomic mass is 16.5. The van der Waals surface area contributed by atoms with Gasteiger partial charge in [-0.05, 0) is 31.7 Å². The third-order valence-electron chi connectivity index (χ3n) is 4.57. The molecule has 1 N–H and O–H groups in total. The Balaban J connectivity index is 1.60. The Bertz CT molecular complexity index is 459. The number of benzene rings is 1. The molecular formula is C17H23NO2. The van der Waals surface area contributed by atoms with Crippen LogP contribution in [0.1, 0.15) is 38.2 Å². The molecule has 1 saturated heterocycles. The van der Waals surface area contributed by atoms with Gasteiger partial charge >= 0.3 is 0 Å². The van der Waals surface area contributed by atoms with Gasteiger partial charge in [-0.2, -0.15) is 0 Å². The summed E-state index contributed by atoms with van der Waals surface area (Å²) in [6.07, 6.45) is 5.61. The van der Waals surface area contributed by atoms with E-state index in [-0.39, 0.29) is 12.0 Å². The highest BCUT2D eigenvalue weighted by Crippen LogP contribution is 2.37. The van der Waals surface area contributed by atoms with E-state index < -0.39 is 0 Å². The maximum absolute atomic E-state index is 12.2. The molecule has 1 heterocycles. The van der Waals surface area contributed by atoms with Gasteiger partial charge in [-0.15, -0.1) is 0 Å². The van der Waals surface area contributed by atoms with Crippen LogP contribution in [0.25, 0.3) is 0 Å². The Morgan fingerprint density at radius 1 is 1.30 bits per heavy atom. The molecule has 3 heteroatoms. The van der Waals surface area contributed by atoms with Crippen LogP contribution >= 0.6 is 0 Å². The average Bonchev–Trinajstić information content (AvgIpc) is 2.88. The van der Waals surface area contributed by atoms with Gasteiger partial charge < -0.3 is 10.1 Å². The minimum atomic E-state index is 0.140. The second kappa shape index (κ2) is 5.96. The summed E-state index contributed by atoms with van der Waals surface area (Å²) >= 11 is 0. The molecular weight excluding hydrogens is 250 g/mol. The second-order valence-electron chi connectivity index (χ2n) is 6.15. The molecule has 3 nitrogen and oxygen atoms in total. The van der Waals surface area contributed by atoms with Gasteiger partial charge in [-0.25, -0.2) is 0 Å². The smallest absolute Gasteiger partial charge is 0.224 e. The van der Waals surface area contributed by atoms with E-state index in [1.165, 1.54) is 12.8 Å². The predicted molar refractivity (Wildman–Crippen MR) is 78.4 cm³/mol. The predicted octanol–water partition coefficient (Wildman–Crippen LogP) is 2.69. The summed E-state index contributed by atoms with van der Waals surface area (Å²) in [5, 5.41) is 3.25. The van der Waals surface area contributed by atoms with E-state index >= 15 is 0 Å². The first-order valence-corrected chi connectivity index (χ1v) is 7.71. The molecule has 1 aliphatic carbocycles. The number of hydrogen-bond donors (Lipinski definition) is 1. The van der Waals surface area contributed by atoms with Crippen molar-refractivity contribution in [1.29, 1.82) is 0 Å². The van der Waals surface area contributed by atoms with E-state index in [2.05, 4.69) is 12.2 Å². The lowest BCUT2D eigenvalue weighted by Gasteiger charge is -2.38. The Hall–Kier alpha value is -1.35. The van der Waals surface area contributed by atoms with E-state index in [9.17, 15) is 4.79 Å². The molecule has 1 aromatic carbocycles. The van der Waals surface area contributed by atoms with Crippen LogP contribution in [-0.2, 0) is 16.0 Å². The van der Waals surface area contributed by atoms with Crippen LogP contribution in [0.4, 0.5) is 0 Å². The van der Waals surface area contributed by atoms with Crippen molar-refractivity contribution in [3.05, 3.63) is 35.9 Å². The number of carbonyl (C=O) groups excluding carboxylic acids is 1. The second-order valence-corrected chi connectivity index (χ2v) is 6.15. The third-order valence-corrected chi connectivity index (χ3v) is 4.57. The minimum Gasteiger partial charge on any atom is -0.375 e. The first kappa shape index (κ1) is 13.6. The van der Waals surface area contributed by atoms with Crippen LogP contribution < -0.4 is 5.32 Å². The number of amides is 1. The highest BCUT2D eigenvalue weighted by molar-refractivity contribution is 5.78. The van der Waals surface area contributed by atoms with Crippen molar-refractivity contribution in [3.63, 3.8) is 0 Å². The summed E-state index contributed by atoms with van der Waals surface area (Å²) in [6, 6.07) is 10.2. The molecule has 1 amide bonds. The molecule has 2 fully saturated rings. The molecule has 0 radical (unpaired) electrons. The lowest BCUT2D eigenvalue weighted by atomic mass is 9.88. The zero-order chi connectivity index (χ0) is 13.9. The van der Waals surface area contributed by atoms with Crippen LogP contribution in [0.3, 0.4) is 0 Å². The zero-order valence-corrected chi connectivity index (χ0v) is 12.0.